The first-order valence-corrected chi connectivity index (χ1v) is 3.42. The van der Waals surface area contributed by atoms with Gasteiger partial charge in [0.1, 0.15) is 5.69 Å². The topological polar surface area (TPSA) is 56.2 Å². The van der Waals surface area contributed by atoms with E-state index in [0.29, 0.717) is 5.69 Å². The maximum atomic E-state index is 5.08. The van der Waals surface area contributed by atoms with Gasteiger partial charge in [-0.05, 0) is 18.1 Å². The molecule has 4 nitrogen and oxygen atoms in total. The Bertz CT molecular complexity index is 460. The molecular weight excluding hydrogens is 152 g/mol. The third kappa shape index (κ3) is 0.883. The van der Waals surface area contributed by atoms with E-state index in [1.165, 1.54) is 0 Å². The first kappa shape index (κ1) is 6.68. The fraction of sp³-hybridized carbons (Fsp3) is 0. The van der Waals surface area contributed by atoms with Gasteiger partial charge < -0.3 is 5.73 Å². The van der Waals surface area contributed by atoms with Gasteiger partial charge in [-0.15, -0.1) is 0 Å². The summed E-state index contributed by atoms with van der Waals surface area (Å²) in [5.74, 6) is 2.70. The van der Waals surface area contributed by atoms with Gasteiger partial charge in [-0.2, -0.15) is 5.10 Å². The van der Waals surface area contributed by atoms with E-state index in [0.717, 1.165) is 5.65 Å². The van der Waals surface area contributed by atoms with Gasteiger partial charge in [-0.1, -0.05) is 0 Å². The molecule has 0 radical (unpaired) electrons. The van der Waals surface area contributed by atoms with E-state index in [1.54, 1.807) is 16.9 Å². The van der Waals surface area contributed by atoms with Crippen molar-refractivity contribution in [3.05, 3.63) is 30.2 Å². The van der Waals surface area contributed by atoms with Crippen molar-refractivity contribution < 1.29 is 0 Å². The number of imidazole rings is 1. The summed E-state index contributed by atoms with van der Waals surface area (Å²) < 4.78 is 1.64. The van der Waals surface area contributed by atoms with Crippen LogP contribution in [0.3, 0.4) is 0 Å². The Kier molecular flexibility index (Phi) is 1.42. The van der Waals surface area contributed by atoms with Gasteiger partial charge in [0.15, 0.2) is 5.65 Å². The van der Waals surface area contributed by atoms with Gasteiger partial charge >= 0.3 is 0 Å². The van der Waals surface area contributed by atoms with Crippen molar-refractivity contribution in [3.63, 3.8) is 0 Å². The summed E-state index contributed by atoms with van der Waals surface area (Å²) in [5, 5.41) is 4.06. The summed E-state index contributed by atoms with van der Waals surface area (Å²) >= 11 is 0. The molecule has 2 aromatic heterocycles. The minimum Gasteiger partial charge on any atom is -0.359 e. The Balaban J connectivity index is 2.76. The molecule has 2 N–H and O–H groups in total. The van der Waals surface area contributed by atoms with E-state index in [4.69, 9.17) is 5.73 Å². The van der Waals surface area contributed by atoms with Crippen molar-refractivity contribution in [2.24, 2.45) is 5.73 Å². The Hall–Kier alpha value is -2.02. The number of rotatable bonds is 0. The highest BCUT2D eigenvalue weighted by atomic mass is 15.2. The van der Waals surface area contributed by atoms with Crippen molar-refractivity contribution >= 4 is 5.65 Å². The normalized spacial score (nSPS) is 9.33. The Morgan fingerprint density at radius 2 is 2.42 bits per heavy atom. The highest BCUT2D eigenvalue weighted by molar-refractivity contribution is 5.42. The lowest BCUT2D eigenvalue weighted by Gasteiger charge is -1.89. The number of nitrogens with zero attached hydrogens (tertiary/aromatic N) is 3. The molecule has 0 aliphatic heterocycles. The van der Waals surface area contributed by atoms with Crippen LogP contribution in [0.5, 0.6) is 0 Å². The van der Waals surface area contributed by atoms with Crippen LogP contribution >= 0.6 is 0 Å². The average molecular weight is 158 g/mol. The van der Waals surface area contributed by atoms with Crippen molar-refractivity contribution in [2.75, 3.05) is 0 Å². The van der Waals surface area contributed by atoms with Crippen LogP contribution in [0.4, 0.5) is 0 Å². The molecular formula is C8H6N4. The summed E-state index contributed by atoms with van der Waals surface area (Å²) in [7, 11) is 0. The summed E-state index contributed by atoms with van der Waals surface area (Å²) in [5.41, 5.74) is 6.56. The van der Waals surface area contributed by atoms with Gasteiger partial charge in [-0.25, -0.2) is 9.50 Å². The zero-order valence-corrected chi connectivity index (χ0v) is 6.23. The molecule has 0 bridgehead atoms. The maximum absolute atomic E-state index is 5.08. The van der Waals surface area contributed by atoms with E-state index in [1.807, 2.05) is 12.1 Å². The average Bonchev–Trinajstić information content (AvgIpc) is 2.50. The number of fused-ring (bicyclic) bond motifs is 1. The second-order valence-corrected chi connectivity index (χ2v) is 2.21. The molecule has 4 heteroatoms. The molecule has 0 aromatic carbocycles. The molecule has 2 heterocycles. The maximum Gasteiger partial charge on any atom is 0.154 e. The van der Waals surface area contributed by atoms with E-state index < -0.39 is 0 Å². The molecule has 12 heavy (non-hydrogen) atoms. The van der Waals surface area contributed by atoms with Crippen LogP contribution in [-0.4, -0.2) is 14.6 Å². The molecule has 0 spiro atoms. The van der Waals surface area contributed by atoms with Crippen LogP contribution in [0, 0.1) is 12.0 Å². The Labute approximate surface area is 69.0 Å². The lowest BCUT2D eigenvalue weighted by atomic mass is 10.5. The highest BCUT2D eigenvalue weighted by Crippen LogP contribution is 2.00. The standard InChI is InChI=1S/C8H6N4/c9-4-3-7-6-10-8-2-1-5-11-12(7)8/h1-2,5-6H,9H2. The largest absolute Gasteiger partial charge is 0.359 e. The van der Waals surface area contributed by atoms with E-state index in [9.17, 15) is 0 Å². The Morgan fingerprint density at radius 1 is 1.50 bits per heavy atom. The van der Waals surface area contributed by atoms with Crippen molar-refractivity contribution in [1.82, 2.24) is 14.6 Å². The van der Waals surface area contributed by atoms with E-state index in [-0.39, 0.29) is 0 Å². The number of nitrogens with two attached hydrogens (primary N) is 1. The molecule has 0 saturated carbocycles. The predicted molar refractivity (Wildman–Crippen MR) is 44.1 cm³/mol. The van der Waals surface area contributed by atoms with Crippen LogP contribution in [0.25, 0.3) is 5.65 Å². The second kappa shape index (κ2) is 2.55. The molecule has 0 atom stereocenters. The molecule has 0 aliphatic rings. The third-order valence-electron chi connectivity index (χ3n) is 1.48. The number of hydrogen-bond donors (Lipinski definition) is 1. The summed E-state index contributed by atoms with van der Waals surface area (Å²) in [6, 6.07) is 5.99. The fourth-order valence-corrected chi connectivity index (χ4v) is 0.988. The summed E-state index contributed by atoms with van der Waals surface area (Å²) in [6.07, 6.45) is 3.32. The molecule has 2 rings (SSSR count). The number of hydrogen-bond acceptors (Lipinski definition) is 3. The van der Waals surface area contributed by atoms with Crippen LogP contribution in [-0.2, 0) is 0 Å². The van der Waals surface area contributed by atoms with Crippen LogP contribution in [0.2, 0.25) is 0 Å². The van der Waals surface area contributed by atoms with Crippen molar-refractivity contribution in [2.45, 2.75) is 0 Å². The van der Waals surface area contributed by atoms with Crippen LogP contribution in [0.15, 0.2) is 24.5 Å². The quantitative estimate of drug-likeness (QED) is 0.433. The fourth-order valence-electron chi connectivity index (χ4n) is 0.988. The Morgan fingerprint density at radius 3 is 3.25 bits per heavy atom. The monoisotopic (exact) mass is 158 g/mol. The molecule has 0 amide bonds. The van der Waals surface area contributed by atoms with Gasteiger partial charge in [0.2, 0.25) is 0 Å². The SMILES string of the molecule is NC#Cc1cnc2cccnn12. The first-order chi connectivity index (χ1) is 5.92. The second-order valence-electron chi connectivity index (χ2n) is 2.21. The number of aromatic nitrogens is 3. The van der Waals surface area contributed by atoms with E-state index >= 15 is 0 Å². The zero-order valence-electron chi connectivity index (χ0n) is 6.23. The molecule has 0 unspecified atom stereocenters. The van der Waals surface area contributed by atoms with Crippen LogP contribution in [0.1, 0.15) is 5.69 Å². The predicted octanol–water partition coefficient (Wildman–Crippen LogP) is -0.00300. The lowest BCUT2D eigenvalue weighted by Crippen LogP contribution is -1.92. The van der Waals surface area contributed by atoms with E-state index in [2.05, 4.69) is 22.0 Å². The zero-order chi connectivity index (χ0) is 8.39. The highest BCUT2D eigenvalue weighted by Gasteiger charge is 1.98. The smallest absolute Gasteiger partial charge is 0.154 e. The third-order valence-corrected chi connectivity index (χ3v) is 1.48. The van der Waals surface area contributed by atoms with Gasteiger partial charge in [0.05, 0.1) is 6.20 Å². The van der Waals surface area contributed by atoms with Crippen molar-refractivity contribution in [3.8, 4) is 12.0 Å². The van der Waals surface area contributed by atoms with Gasteiger partial charge in [0.25, 0.3) is 0 Å². The summed E-state index contributed by atoms with van der Waals surface area (Å²) in [4.78, 5) is 4.08. The van der Waals surface area contributed by atoms with Crippen molar-refractivity contribution in [1.29, 1.82) is 0 Å². The lowest BCUT2D eigenvalue weighted by molar-refractivity contribution is 0.923. The molecule has 2 aromatic rings. The van der Waals surface area contributed by atoms with Gasteiger partial charge in [-0.3, -0.25) is 0 Å². The van der Waals surface area contributed by atoms with Gasteiger partial charge in [0, 0.05) is 12.2 Å². The molecule has 0 saturated heterocycles. The molecule has 0 fully saturated rings. The summed E-state index contributed by atoms with van der Waals surface area (Å²) in [6.45, 7) is 0. The molecule has 58 valence electrons. The first-order valence-electron chi connectivity index (χ1n) is 3.42. The molecule has 0 aliphatic carbocycles. The minimum atomic E-state index is 0.702. The minimum absolute atomic E-state index is 0.702. The van der Waals surface area contributed by atoms with Crippen LogP contribution < -0.4 is 5.73 Å².